The fourth-order valence-corrected chi connectivity index (χ4v) is 3.77. The second-order valence-electron chi connectivity index (χ2n) is 7.10. The highest BCUT2D eigenvalue weighted by molar-refractivity contribution is 6.04. The Morgan fingerprint density at radius 3 is 2.09 bits per heavy atom. The maximum absolute atomic E-state index is 13.0. The van der Waals surface area contributed by atoms with E-state index >= 15 is 0 Å². The molecular formula is C25H28N2O5. The summed E-state index contributed by atoms with van der Waals surface area (Å²) < 4.78 is 16.2. The van der Waals surface area contributed by atoms with Gasteiger partial charge in [0.25, 0.3) is 0 Å². The standard InChI is InChI=1S/C25H28N2O5/c1-4-30-23-21(25(29)32-6-3)19(20(22(26)27-23)24(28)31-5-2)18-14-12-17(13-15-18)16-10-8-7-9-11-16/h7-15,19,21H,4-6,26H2,1-3H3. The molecule has 2 aromatic rings. The van der Waals surface area contributed by atoms with Crippen molar-refractivity contribution in [3.05, 3.63) is 71.6 Å². The van der Waals surface area contributed by atoms with E-state index in [9.17, 15) is 9.59 Å². The molecule has 7 nitrogen and oxygen atoms in total. The Balaban J connectivity index is 2.12. The van der Waals surface area contributed by atoms with Crippen molar-refractivity contribution in [3.63, 3.8) is 0 Å². The summed E-state index contributed by atoms with van der Waals surface area (Å²) in [6.07, 6.45) is 0. The van der Waals surface area contributed by atoms with Crippen LogP contribution in [0.25, 0.3) is 11.1 Å². The lowest BCUT2D eigenvalue weighted by molar-refractivity contribution is -0.146. The summed E-state index contributed by atoms with van der Waals surface area (Å²) in [4.78, 5) is 30.1. The van der Waals surface area contributed by atoms with Gasteiger partial charge in [0.05, 0.1) is 25.4 Å². The smallest absolute Gasteiger partial charge is 0.338 e. The number of aliphatic imine (C=N–C) groups is 1. The zero-order valence-electron chi connectivity index (χ0n) is 18.5. The predicted octanol–water partition coefficient (Wildman–Crippen LogP) is 3.80. The Morgan fingerprint density at radius 1 is 0.875 bits per heavy atom. The van der Waals surface area contributed by atoms with Gasteiger partial charge in [0.2, 0.25) is 5.90 Å². The van der Waals surface area contributed by atoms with Crippen molar-refractivity contribution in [2.75, 3.05) is 19.8 Å². The largest absolute Gasteiger partial charge is 0.480 e. The number of hydrogen-bond donors (Lipinski definition) is 1. The molecule has 0 fully saturated rings. The lowest BCUT2D eigenvalue weighted by atomic mass is 9.78. The summed E-state index contributed by atoms with van der Waals surface area (Å²) in [6, 6.07) is 17.6. The molecular weight excluding hydrogens is 408 g/mol. The second-order valence-corrected chi connectivity index (χ2v) is 7.10. The molecule has 0 aliphatic carbocycles. The van der Waals surface area contributed by atoms with Crippen LogP contribution in [0.3, 0.4) is 0 Å². The van der Waals surface area contributed by atoms with Gasteiger partial charge in [0, 0.05) is 5.92 Å². The van der Waals surface area contributed by atoms with Crippen LogP contribution in [0.5, 0.6) is 0 Å². The van der Waals surface area contributed by atoms with Crippen LogP contribution in [-0.4, -0.2) is 37.7 Å². The number of carbonyl (C=O) groups excluding carboxylic acids is 2. The van der Waals surface area contributed by atoms with Crippen LogP contribution >= 0.6 is 0 Å². The quantitative estimate of drug-likeness (QED) is 0.663. The van der Waals surface area contributed by atoms with Crippen LogP contribution in [-0.2, 0) is 23.8 Å². The average molecular weight is 437 g/mol. The van der Waals surface area contributed by atoms with Crippen molar-refractivity contribution in [2.45, 2.75) is 26.7 Å². The summed E-state index contributed by atoms with van der Waals surface area (Å²) in [6.45, 7) is 5.85. The van der Waals surface area contributed by atoms with E-state index in [1.807, 2.05) is 54.6 Å². The van der Waals surface area contributed by atoms with E-state index in [2.05, 4.69) is 4.99 Å². The highest BCUT2D eigenvalue weighted by atomic mass is 16.5. The molecule has 168 valence electrons. The molecule has 0 bridgehead atoms. The lowest BCUT2D eigenvalue weighted by Gasteiger charge is -2.31. The molecule has 2 unspecified atom stereocenters. The van der Waals surface area contributed by atoms with Gasteiger partial charge in [0.1, 0.15) is 11.7 Å². The molecule has 0 aromatic heterocycles. The number of ether oxygens (including phenoxy) is 3. The molecule has 1 heterocycles. The fraction of sp³-hybridized carbons (Fsp3) is 0.320. The van der Waals surface area contributed by atoms with Gasteiger partial charge in [-0.3, -0.25) is 4.79 Å². The number of benzene rings is 2. The van der Waals surface area contributed by atoms with Crippen molar-refractivity contribution < 1.29 is 23.8 Å². The maximum atomic E-state index is 13.0. The zero-order chi connectivity index (χ0) is 23.1. The van der Waals surface area contributed by atoms with Gasteiger partial charge in [-0.25, -0.2) is 4.79 Å². The lowest BCUT2D eigenvalue weighted by Crippen LogP contribution is -2.40. The van der Waals surface area contributed by atoms with Crippen LogP contribution < -0.4 is 5.73 Å². The number of carbonyl (C=O) groups is 2. The third-order valence-corrected chi connectivity index (χ3v) is 5.12. The first-order chi connectivity index (χ1) is 15.5. The number of nitrogens with two attached hydrogens (primary N) is 1. The first-order valence-electron chi connectivity index (χ1n) is 10.7. The zero-order valence-corrected chi connectivity index (χ0v) is 18.5. The highest BCUT2D eigenvalue weighted by Crippen LogP contribution is 2.40. The van der Waals surface area contributed by atoms with Crippen molar-refractivity contribution in [2.24, 2.45) is 16.6 Å². The second kappa shape index (κ2) is 10.6. The molecule has 0 radical (unpaired) electrons. The molecule has 0 spiro atoms. The molecule has 1 aliphatic rings. The fourth-order valence-electron chi connectivity index (χ4n) is 3.77. The van der Waals surface area contributed by atoms with E-state index in [4.69, 9.17) is 19.9 Å². The minimum atomic E-state index is -0.954. The van der Waals surface area contributed by atoms with Crippen molar-refractivity contribution in [1.29, 1.82) is 0 Å². The molecule has 0 amide bonds. The van der Waals surface area contributed by atoms with Crippen LogP contribution in [0.2, 0.25) is 0 Å². The van der Waals surface area contributed by atoms with Crippen molar-refractivity contribution in [3.8, 4) is 11.1 Å². The molecule has 0 saturated carbocycles. The van der Waals surface area contributed by atoms with E-state index in [1.165, 1.54) is 0 Å². The maximum Gasteiger partial charge on any atom is 0.338 e. The number of esters is 2. The Kier molecular flexibility index (Phi) is 7.65. The number of rotatable bonds is 7. The predicted molar refractivity (Wildman–Crippen MR) is 122 cm³/mol. The summed E-state index contributed by atoms with van der Waals surface area (Å²) >= 11 is 0. The minimum absolute atomic E-state index is 0.0235. The SMILES string of the molecule is CCOC(=O)C1=C(N)N=C(OCC)C(C(=O)OCC)C1c1ccc(-c2ccccc2)cc1. The first-order valence-corrected chi connectivity index (χ1v) is 10.7. The molecule has 1 aliphatic heterocycles. The third kappa shape index (κ3) is 4.82. The van der Waals surface area contributed by atoms with Gasteiger partial charge in [-0.1, -0.05) is 54.6 Å². The molecule has 3 rings (SSSR count). The Morgan fingerprint density at radius 2 is 1.50 bits per heavy atom. The Hall–Kier alpha value is -3.61. The van der Waals surface area contributed by atoms with E-state index < -0.39 is 23.8 Å². The van der Waals surface area contributed by atoms with Crippen LogP contribution in [0.1, 0.15) is 32.3 Å². The average Bonchev–Trinajstić information content (AvgIpc) is 2.80. The molecule has 2 aromatic carbocycles. The summed E-state index contributed by atoms with van der Waals surface area (Å²) in [5.41, 5.74) is 9.07. The monoisotopic (exact) mass is 436 g/mol. The minimum Gasteiger partial charge on any atom is -0.480 e. The van der Waals surface area contributed by atoms with Crippen LogP contribution in [0.4, 0.5) is 0 Å². The van der Waals surface area contributed by atoms with Gasteiger partial charge in [-0.05, 0) is 37.5 Å². The number of nitrogens with zero attached hydrogens (tertiary/aromatic N) is 1. The molecule has 0 saturated heterocycles. The van der Waals surface area contributed by atoms with Crippen LogP contribution in [0, 0.1) is 5.92 Å². The highest BCUT2D eigenvalue weighted by Gasteiger charge is 2.45. The van der Waals surface area contributed by atoms with Gasteiger partial charge >= 0.3 is 11.9 Å². The molecule has 32 heavy (non-hydrogen) atoms. The summed E-state index contributed by atoms with van der Waals surface area (Å²) in [5.74, 6) is -2.75. The topological polar surface area (TPSA) is 100 Å². The van der Waals surface area contributed by atoms with Crippen molar-refractivity contribution in [1.82, 2.24) is 0 Å². The first kappa shape index (κ1) is 23.1. The van der Waals surface area contributed by atoms with E-state index in [0.717, 1.165) is 11.1 Å². The van der Waals surface area contributed by atoms with Crippen molar-refractivity contribution >= 4 is 17.8 Å². The summed E-state index contributed by atoms with van der Waals surface area (Å²) in [7, 11) is 0. The van der Waals surface area contributed by atoms with Gasteiger partial charge in [0.15, 0.2) is 0 Å². The van der Waals surface area contributed by atoms with Crippen LogP contribution in [0.15, 0.2) is 71.0 Å². The molecule has 2 atom stereocenters. The molecule has 2 N–H and O–H groups in total. The van der Waals surface area contributed by atoms with Gasteiger partial charge in [-0.2, -0.15) is 4.99 Å². The van der Waals surface area contributed by atoms with Gasteiger partial charge < -0.3 is 19.9 Å². The Bertz CT molecular complexity index is 1010. The third-order valence-electron chi connectivity index (χ3n) is 5.12. The molecule has 7 heteroatoms. The normalized spacial score (nSPS) is 18.0. The van der Waals surface area contributed by atoms with E-state index in [0.29, 0.717) is 5.56 Å². The van der Waals surface area contributed by atoms with E-state index in [1.54, 1.807) is 20.8 Å². The Labute approximate surface area is 187 Å². The number of hydrogen-bond acceptors (Lipinski definition) is 7. The van der Waals surface area contributed by atoms with Gasteiger partial charge in [-0.15, -0.1) is 0 Å². The summed E-state index contributed by atoms with van der Waals surface area (Å²) in [5, 5.41) is 0. The van der Waals surface area contributed by atoms with E-state index in [-0.39, 0.29) is 37.1 Å².